The molecular formula is C68H40N8. The van der Waals surface area contributed by atoms with E-state index in [9.17, 15) is 21.0 Å². The fraction of sp³-hybridized carbons (Fsp3) is 0. The van der Waals surface area contributed by atoms with Gasteiger partial charge in [0.05, 0.1) is 74.3 Å². The van der Waals surface area contributed by atoms with Crippen LogP contribution in [0.4, 0.5) is 34.1 Å². The zero-order valence-corrected chi connectivity index (χ0v) is 40.7. The first-order chi connectivity index (χ1) is 37.5. The molecule has 0 radical (unpaired) electrons. The number of fused-ring (bicyclic) bond motifs is 7. The van der Waals surface area contributed by atoms with Crippen LogP contribution in [0.2, 0.25) is 0 Å². The Balaban J connectivity index is 0.921. The van der Waals surface area contributed by atoms with Crippen molar-refractivity contribution in [3.8, 4) is 46.8 Å². The summed E-state index contributed by atoms with van der Waals surface area (Å²) < 4.78 is 4.49. The Morgan fingerprint density at radius 1 is 0.276 bits per heavy atom. The highest BCUT2D eigenvalue weighted by molar-refractivity contribution is 6.13. The summed E-state index contributed by atoms with van der Waals surface area (Å²) in [5, 5.41) is 45.2. The monoisotopic (exact) mass is 968 g/mol. The summed E-state index contributed by atoms with van der Waals surface area (Å²) >= 11 is 0. The average molecular weight is 969 g/mol. The van der Waals surface area contributed by atoms with Gasteiger partial charge in [-0.25, -0.2) is 0 Å². The van der Waals surface area contributed by atoms with Gasteiger partial charge in [-0.2, -0.15) is 21.0 Å². The van der Waals surface area contributed by atoms with Crippen molar-refractivity contribution < 1.29 is 0 Å². The van der Waals surface area contributed by atoms with Crippen LogP contribution in [0.1, 0.15) is 22.3 Å². The standard InChI is InChI=1S/C68H40N8/c69-41-45-13-23-50(24-14-45)73(55-33-36-67-62(39-55)60-9-3-5-11-64(60)75(67)53-27-17-47(43-71)18-28-53)51-31-21-49(22-32-51)57-35-38-66(59-8-2-1-7-58(57)59)74(52-25-15-46(42-70)16-26-52)56-34-37-68-63(40-56)61-10-4-6-12-65(61)76(68)54-29-19-48(44-72)20-30-54/h1-40H. The molecule has 11 aromatic carbocycles. The fourth-order valence-corrected chi connectivity index (χ4v) is 10.9. The lowest BCUT2D eigenvalue weighted by molar-refractivity contribution is 1.18. The molecule has 13 aromatic rings. The molecule has 0 saturated heterocycles. The summed E-state index contributed by atoms with van der Waals surface area (Å²) in [5.41, 5.74) is 16.4. The van der Waals surface area contributed by atoms with Crippen molar-refractivity contribution in [2.24, 2.45) is 0 Å². The van der Waals surface area contributed by atoms with Crippen LogP contribution in [-0.4, -0.2) is 9.13 Å². The van der Waals surface area contributed by atoms with E-state index in [0.717, 1.165) is 111 Å². The summed E-state index contributed by atoms with van der Waals surface area (Å²) in [6, 6.07) is 91.4. The summed E-state index contributed by atoms with van der Waals surface area (Å²) in [7, 11) is 0. The first-order valence-electron chi connectivity index (χ1n) is 24.8. The van der Waals surface area contributed by atoms with E-state index in [0.29, 0.717) is 22.3 Å². The van der Waals surface area contributed by atoms with Gasteiger partial charge in [0.1, 0.15) is 0 Å². The molecule has 0 fully saturated rings. The zero-order chi connectivity index (χ0) is 51.3. The number of nitriles is 4. The molecule has 76 heavy (non-hydrogen) atoms. The van der Waals surface area contributed by atoms with Crippen molar-refractivity contribution in [1.82, 2.24) is 9.13 Å². The Hall–Kier alpha value is -11.2. The molecule has 0 aliphatic heterocycles. The number of hydrogen-bond acceptors (Lipinski definition) is 6. The van der Waals surface area contributed by atoms with E-state index in [1.807, 2.05) is 97.1 Å². The van der Waals surface area contributed by atoms with Gasteiger partial charge in [0.25, 0.3) is 0 Å². The van der Waals surface area contributed by atoms with Crippen LogP contribution in [0.3, 0.4) is 0 Å². The number of anilines is 6. The minimum Gasteiger partial charge on any atom is -0.310 e. The number of benzene rings is 11. The van der Waals surface area contributed by atoms with E-state index in [1.54, 1.807) is 0 Å². The molecule has 0 unspecified atom stereocenters. The molecule has 0 saturated carbocycles. The lowest BCUT2D eigenvalue weighted by Gasteiger charge is -2.28. The van der Waals surface area contributed by atoms with Gasteiger partial charge >= 0.3 is 0 Å². The zero-order valence-electron chi connectivity index (χ0n) is 40.7. The SMILES string of the molecule is N#Cc1ccc(N(c2ccc(-c3ccc(N(c4ccc(C#N)cc4)c4ccc5c(c4)c4ccccc4n5-c4ccc(C#N)cc4)c4ccccc34)cc2)c2ccc3c(c2)c2ccccc2n3-c2ccc(C#N)cc2)cc1. The molecule has 0 aliphatic rings. The number of para-hydroxylation sites is 2. The lowest BCUT2D eigenvalue weighted by Crippen LogP contribution is -2.11. The van der Waals surface area contributed by atoms with Crippen LogP contribution in [0.25, 0.3) is 76.9 Å². The molecule has 2 aromatic heterocycles. The second kappa shape index (κ2) is 18.5. The van der Waals surface area contributed by atoms with E-state index in [1.165, 1.54) is 0 Å². The summed E-state index contributed by atoms with van der Waals surface area (Å²) in [6.45, 7) is 0. The maximum Gasteiger partial charge on any atom is 0.0991 e. The van der Waals surface area contributed by atoms with Crippen LogP contribution in [-0.2, 0) is 0 Å². The Labute approximate surface area is 438 Å². The Morgan fingerprint density at radius 2 is 0.632 bits per heavy atom. The third kappa shape index (κ3) is 7.51. The lowest BCUT2D eigenvalue weighted by atomic mass is 9.96. The molecule has 13 rings (SSSR count). The summed E-state index contributed by atoms with van der Waals surface area (Å²) in [4.78, 5) is 4.51. The summed E-state index contributed by atoms with van der Waals surface area (Å²) in [5.74, 6) is 0. The van der Waals surface area contributed by atoms with Gasteiger partial charge in [0.15, 0.2) is 0 Å². The topological polar surface area (TPSA) is 112 Å². The minimum absolute atomic E-state index is 0.582. The van der Waals surface area contributed by atoms with Crippen LogP contribution in [0.15, 0.2) is 243 Å². The Kier molecular flexibility index (Phi) is 10.9. The van der Waals surface area contributed by atoms with Crippen molar-refractivity contribution in [2.45, 2.75) is 0 Å². The fourth-order valence-electron chi connectivity index (χ4n) is 10.9. The normalized spacial score (nSPS) is 11.1. The Morgan fingerprint density at radius 3 is 1.09 bits per heavy atom. The quantitative estimate of drug-likeness (QED) is 0.142. The molecule has 0 amide bonds. The van der Waals surface area contributed by atoms with Crippen LogP contribution >= 0.6 is 0 Å². The molecule has 0 atom stereocenters. The second-order valence-corrected chi connectivity index (χ2v) is 18.6. The molecule has 352 valence electrons. The van der Waals surface area contributed by atoms with Gasteiger partial charge in [0, 0.05) is 66.7 Å². The van der Waals surface area contributed by atoms with Gasteiger partial charge in [-0.1, -0.05) is 78.9 Å². The smallest absolute Gasteiger partial charge is 0.0991 e. The van der Waals surface area contributed by atoms with E-state index in [4.69, 9.17) is 0 Å². The van der Waals surface area contributed by atoms with Crippen LogP contribution < -0.4 is 9.80 Å². The van der Waals surface area contributed by atoms with E-state index < -0.39 is 0 Å². The third-order valence-electron chi connectivity index (χ3n) is 14.4. The third-order valence-corrected chi connectivity index (χ3v) is 14.4. The van der Waals surface area contributed by atoms with Crippen molar-refractivity contribution in [1.29, 1.82) is 21.0 Å². The molecular weight excluding hydrogens is 929 g/mol. The minimum atomic E-state index is 0.582. The molecule has 0 spiro atoms. The highest BCUT2D eigenvalue weighted by Gasteiger charge is 2.22. The van der Waals surface area contributed by atoms with Crippen molar-refractivity contribution >= 4 is 88.5 Å². The van der Waals surface area contributed by atoms with Gasteiger partial charge in [0.2, 0.25) is 0 Å². The molecule has 8 nitrogen and oxygen atoms in total. The predicted molar refractivity (Wildman–Crippen MR) is 306 cm³/mol. The predicted octanol–water partition coefficient (Wildman–Crippen LogP) is 17.1. The van der Waals surface area contributed by atoms with E-state index >= 15 is 0 Å². The largest absolute Gasteiger partial charge is 0.310 e. The second-order valence-electron chi connectivity index (χ2n) is 18.6. The first-order valence-corrected chi connectivity index (χ1v) is 24.8. The van der Waals surface area contributed by atoms with Gasteiger partial charge in [-0.15, -0.1) is 0 Å². The average Bonchev–Trinajstić information content (AvgIpc) is 4.10. The van der Waals surface area contributed by atoms with E-state index in [-0.39, 0.29) is 0 Å². The number of hydrogen-bond donors (Lipinski definition) is 0. The number of nitrogens with zero attached hydrogens (tertiary/aromatic N) is 8. The van der Waals surface area contributed by atoms with Gasteiger partial charge in [-0.05, 0) is 180 Å². The molecule has 0 bridgehead atoms. The van der Waals surface area contributed by atoms with Gasteiger partial charge < -0.3 is 18.9 Å². The van der Waals surface area contributed by atoms with Crippen LogP contribution in [0.5, 0.6) is 0 Å². The highest BCUT2D eigenvalue weighted by atomic mass is 15.2. The molecule has 0 N–H and O–H groups in total. The van der Waals surface area contributed by atoms with Crippen molar-refractivity contribution in [3.05, 3.63) is 265 Å². The maximum absolute atomic E-state index is 9.83. The number of aromatic nitrogens is 2. The molecule has 0 aliphatic carbocycles. The van der Waals surface area contributed by atoms with Crippen molar-refractivity contribution in [3.63, 3.8) is 0 Å². The van der Waals surface area contributed by atoms with Crippen LogP contribution in [0, 0.1) is 45.3 Å². The first kappa shape index (κ1) is 44.8. The van der Waals surface area contributed by atoms with Crippen molar-refractivity contribution in [2.75, 3.05) is 9.80 Å². The summed E-state index contributed by atoms with van der Waals surface area (Å²) in [6.07, 6.45) is 0. The highest BCUT2D eigenvalue weighted by Crippen LogP contribution is 2.46. The maximum atomic E-state index is 9.83. The molecule has 2 heterocycles. The number of rotatable bonds is 9. The molecule has 8 heteroatoms. The van der Waals surface area contributed by atoms with Gasteiger partial charge in [-0.3, -0.25) is 0 Å². The van der Waals surface area contributed by atoms with E-state index in [2.05, 4.69) is 189 Å². The Bertz CT molecular complexity index is 4600.